The van der Waals surface area contributed by atoms with Crippen LogP contribution in [0.4, 0.5) is 0 Å². The van der Waals surface area contributed by atoms with Gasteiger partial charge in [-0.05, 0) is 29.8 Å². The van der Waals surface area contributed by atoms with Crippen LogP contribution in [-0.2, 0) is 11.3 Å². The SMILES string of the molecule is CCC(=O)NCc1cccc(-c2nc3ccccc3o2)c1. The van der Waals surface area contributed by atoms with Crippen molar-refractivity contribution in [2.75, 3.05) is 0 Å². The molecular formula is C17H16N2O2. The van der Waals surface area contributed by atoms with E-state index in [1.165, 1.54) is 0 Å². The minimum atomic E-state index is 0.0438. The summed E-state index contributed by atoms with van der Waals surface area (Å²) < 4.78 is 5.76. The Balaban J connectivity index is 1.86. The van der Waals surface area contributed by atoms with Gasteiger partial charge in [-0.15, -0.1) is 0 Å². The Bertz CT molecular complexity index is 744. The van der Waals surface area contributed by atoms with Crippen molar-refractivity contribution in [3.05, 3.63) is 54.1 Å². The summed E-state index contributed by atoms with van der Waals surface area (Å²) in [6.07, 6.45) is 0.491. The molecule has 0 fully saturated rings. The second-order valence-electron chi connectivity index (χ2n) is 4.82. The third-order valence-corrected chi connectivity index (χ3v) is 3.28. The molecule has 2 aromatic carbocycles. The molecule has 4 nitrogen and oxygen atoms in total. The van der Waals surface area contributed by atoms with Gasteiger partial charge in [-0.1, -0.05) is 31.2 Å². The zero-order chi connectivity index (χ0) is 14.7. The van der Waals surface area contributed by atoms with Gasteiger partial charge in [-0.25, -0.2) is 4.98 Å². The molecule has 4 heteroatoms. The monoisotopic (exact) mass is 280 g/mol. The molecule has 0 unspecified atom stereocenters. The topological polar surface area (TPSA) is 55.1 Å². The number of hydrogen-bond acceptors (Lipinski definition) is 3. The quantitative estimate of drug-likeness (QED) is 0.795. The van der Waals surface area contributed by atoms with E-state index in [1.54, 1.807) is 0 Å². The van der Waals surface area contributed by atoms with Gasteiger partial charge in [0, 0.05) is 18.5 Å². The number of para-hydroxylation sites is 2. The maximum absolute atomic E-state index is 11.3. The fourth-order valence-electron chi connectivity index (χ4n) is 2.14. The van der Waals surface area contributed by atoms with Crippen LogP contribution in [0.15, 0.2) is 52.9 Å². The molecule has 3 rings (SSSR count). The van der Waals surface area contributed by atoms with Crippen LogP contribution in [0.2, 0.25) is 0 Å². The standard InChI is InChI=1S/C17H16N2O2/c1-2-16(20)18-11-12-6-5-7-13(10-12)17-19-14-8-3-4-9-15(14)21-17/h3-10H,2,11H2,1H3,(H,18,20). The number of aromatic nitrogens is 1. The van der Waals surface area contributed by atoms with Crippen LogP contribution >= 0.6 is 0 Å². The predicted molar refractivity (Wildman–Crippen MR) is 81.6 cm³/mol. The molecule has 1 aromatic heterocycles. The van der Waals surface area contributed by atoms with Crippen LogP contribution < -0.4 is 5.32 Å². The van der Waals surface area contributed by atoms with Crippen molar-refractivity contribution in [3.8, 4) is 11.5 Å². The number of rotatable bonds is 4. The lowest BCUT2D eigenvalue weighted by Crippen LogP contribution is -2.21. The van der Waals surface area contributed by atoms with Gasteiger partial charge in [0.1, 0.15) is 5.52 Å². The van der Waals surface area contributed by atoms with Gasteiger partial charge in [0.15, 0.2) is 5.58 Å². The fourth-order valence-corrected chi connectivity index (χ4v) is 2.14. The van der Waals surface area contributed by atoms with Gasteiger partial charge in [0.25, 0.3) is 0 Å². The number of nitrogens with zero attached hydrogens (tertiary/aromatic N) is 1. The molecule has 0 atom stereocenters. The van der Waals surface area contributed by atoms with Crippen molar-refractivity contribution in [3.63, 3.8) is 0 Å². The highest BCUT2D eigenvalue weighted by molar-refractivity contribution is 5.76. The Kier molecular flexibility index (Phi) is 3.69. The van der Waals surface area contributed by atoms with E-state index in [9.17, 15) is 4.79 Å². The number of carbonyl (C=O) groups is 1. The zero-order valence-corrected chi connectivity index (χ0v) is 11.8. The summed E-state index contributed by atoms with van der Waals surface area (Å²) in [7, 11) is 0. The zero-order valence-electron chi connectivity index (χ0n) is 11.8. The largest absolute Gasteiger partial charge is 0.436 e. The van der Waals surface area contributed by atoms with E-state index >= 15 is 0 Å². The smallest absolute Gasteiger partial charge is 0.227 e. The molecule has 21 heavy (non-hydrogen) atoms. The number of nitrogens with one attached hydrogen (secondary N) is 1. The normalized spacial score (nSPS) is 10.7. The fraction of sp³-hybridized carbons (Fsp3) is 0.176. The van der Waals surface area contributed by atoms with Crippen LogP contribution in [-0.4, -0.2) is 10.9 Å². The average Bonchev–Trinajstić information content (AvgIpc) is 2.97. The summed E-state index contributed by atoms with van der Waals surface area (Å²) >= 11 is 0. The highest BCUT2D eigenvalue weighted by Crippen LogP contribution is 2.24. The van der Waals surface area contributed by atoms with Crippen LogP contribution in [0.25, 0.3) is 22.6 Å². The number of carbonyl (C=O) groups excluding carboxylic acids is 1. The van der Waals surface area contributed by atoms with Gasteiger partial charge in [-0.3, -0.25) is 4.79 Å². The number of fused-ring (bicyclic) bond motifs is 1. The molecule has 0 aliphatic heterocycles. The molecule has 1 amide bonds. The second kappa shape index (κ2) is 5.79. The first kappa shape index (κ1) is 13.4. The molecule has 0 saturated carbocycles. The molecule has 106 valence electrons. The first-order valence-electron chi connectivity index (χ1n) is 6.98. The molecule has 0 spiro atoms. The van der Waals surface area contributed by atoms with E-state index in [0.717, 1.165) is 22.2 Å². The van der Waals surface area contributed by atoms with Gasteiger partial charge in [-0.2, -0.15) is 0 Å². The molecule has 0 saturated heterocycles. The lowest BCUT2D eigenvalue weighted by atomic mass is 10.1. The van der Waals surface area contributed by atoms with E-state index in [2.05, 4.69) is 10.3 Å². The third kappa shape index (κ3) is 2.94. The summed E-state index contributed by atoms with van der Waals surface area (Å²) in [6, 6.07) is 15.5. The Morgan fingerprint density at radius 1 is 1.19 bits per heavy atom. The summed E-state index contributed by atoms with van der Waals surface area (Å²) in [5.74, 6) is 0.641. The lowest BCUT2D eigenvalue weighted by Gasteiger charge is -2.04. The number of amides is 1. The molecular weight excluding hydrogens is 264 g/mol. The summed E-state index contributed by atoms with van der Waals surface area (Å²) in [5.41, 5.74) is 3.56. The Labute approximate surface area is 122 Å². The Morgan fingerprint density at radius 2 is 2.05 bits per heavy atom. The van der Waals surface area contributed by atoms with E-state index in [1.807, 2.05) is 55.5 Å². The summed E-state index contributed by atoms with van der Waals surface area (Å²) in [4.78, 5) is 15.8. The Hall–Kier alpha value is -2.62. The number of hydrogen-bond donors (Lipinski definition) is 1. The first-order valence-corrected chi connectivity index (χ1v) is 6.98. The van der Waals surface area contributed by atoms with Crippen molar-refractivity contribution >= 4 is 17.0 Å². The van der Waals surface area contributed by atoms with E-state index in [-0.39, 0.29) is 5.91 Å². The molecule has 0 bridgehead atoms. The molecule has 0 aliphatic carbocycles. The van der Waals surface area contributed by atoms with E-state index < -0.39 is 0 Å². The van der Waals surface area contributed by atoms with Crippen molar-refractivity contribution in [2.24, 2.45) is 0 Å². The molecule has 0 aliphatic rings. The molecule has 3 aromatic rings. The minimum Gasteiger partial charge on any atom is -0.436 e. The highest BCUT2D eigenvalue weighted by atomic mass is 16.3. The maximum atomic E-state index is 11.3. The minimum absolute atomic E-state index is 0.0438. The summed E-state index contributed by atoms with van der Waals surface area (Å²) in [6.45, 7) is 2.35. The van der Waals surface area contributed by atoms with Crippen LogP contribution in [0.3, 0.4) is 0 Å². The van der Waals surface area contributed by atoms with Crippen LogP contribution in [0.5, 0.6) is 0 Å². The molecule has 0 radical (unpaired) electrons. The van der Waals surface area contributed by atoms with Gasteiger partial charge < -0.3 is 9.73 Å². The van der Waals surface area contributed by atoms with Crippen molar-refractivity contribution < 1.29 is 9.21 Å². The number of oxazole rings is 1. The van der Waals surface area contributed by atoms with Gasteiger partial charge >= 0.3 is 0 Å². The van der Waals surface area contributed by atoms with Crippen molar-refractivity contribution in [2.45, 2.75) is 19.9 Å². The predicted octanol–water partition coefficient (Wildman–Crippen LogP) is 3.52. The number of benzene rings is 2. The van der Waals surface area contributed by atoms with E-state index in [0.29, 0.717) is 18.9 Å². The lowest BCUT2D eigenvalue weighted by molar-refractivity contribution is -0.120. The van der Waals surface area contributed by atoms with Crippen molar-refractivity contribution in [1.82, 2.24) is 10.3 Å². The van der Waals surface area contributed by atoms with Gasteiger partial charge in [0.05, 0.1) is 0 Å². The summed E-state index contributed by atoms with van der Waals surface area (Å²) in [5, 5.41) is 2.86. The van der Waals surface area contributed by atoms with Crippen LogP contribution in [0.1, 0.15) is 18.9 Å². The molecule has 1 N–H and O–H groups in total. The van der Waals surface area contributed by atoms with Crippen molar-refractivity contribution in [1.29, 1.82) is 0 Å². The maximum Gasteiger partial charge on any atom is 0.227 e. The first-order chi connectivity index (χ1) is 10.3. The molecule has 1 heterocycles. The highest BCUT2D eigenvalue weighted by Gasteiger charge is 2.08. The Morgan fingerprint density at radius 3 is 2.86 bits per heavy atom. The average molecular weight is 280 g/mol. The third-order valence-electron chi connectivity index (χ3n) is 3.28. The van der Waals surface area contributed by atoms with Gasteiger partial charge in [0.2, 0.25) is 11.8 Å². The van der Waals surface area contributed by atoms with Crippen LogP contribution in [0, 0.1) is 0 Å². The van der Waals surface area contributed by atoms with E-state index in [4.69, 9.17) is 4.42 Å². The second-order valence-corrected chi connectivity index (χ2v) is 4.82.